The van der Waals surface area contributed by atoms with Gasteiger partial charge >= 0.3 is 6.03 Å². The van der Waals surface area contributed by atoms with Crippen LogP contribution in [-0.4, -0.2) is 41.7 Å². The Labute approximate surface area is 167 Å². The number of fused-ring (bicyclic) bond motifs is 1. The fourth-order valence-corrected chi connectivity index (χ4v) is 3.05. The van der Waals surface area contributed by atoms with Gasteiger partial charge in [0.15, 0.2) is 0 Å². The third-order valence-corrected chi connectivity index (χ3v) is 4.49. The van der Waals surface area contributed by atoms with Crippen molar-refractivity contribution >= 4 is 16.9 Å². The summed E-state index contributed by atoms with van der Waals surface area (Å²) in [6, 6.07) is 6.50. The van der Waals surface area contributed by atoms with E-state index in [0.717, 1.165) is 12.1 Å². The molecule has 2 aromatic carbocycles. The number of rotatable bonds is 7. The van der Waals surface area contributed by atoms with Gasteiger partial charge in [-0.25, -0.2) is 26.7 Å². The minimum Gasteiger partial charge on any atom is -0.385 e. The van der Waals surface area contributed by atoms with Gasteiger partial charge in [0, 0.05) is 23.7 Å². The Bertz CT molecular complexity index is 1040. The molecule has 0 aliphatic heterocycles. The zero-order valence-corrected chi connectivity index (χ0v) is 15.5. The van der Waals surface area contributed by atoms with Gasteiger partial charge < -0.3 is 20.7 Å². The molecule has 0 bridgehead atoms. The average molecular weight is 427 g/mol. The van der Waals surface area contributed by atoms with Crippen LogP contribution in [0.5, 0.6) is 0 Å². The van der Waals surface area contributed by atoms with E-state index < -0.39 is 42.6 Å². The molecule has 3 aromatic rings. The largest absolute Gasteiger partial charge is 0.385 e. The standard InChI is InChI=1S/C20H18F5N3O2/c21-11-3-1-10(2-4-11)17-13(14-7-12(22)8-15(23)18(14)28-17)5-6-26-20(30)27-9-16(29)19(24)25/h1-4,7-8,16,19,28-29H,5-6,9H2,(H2,26,27,30). The molecule has 3 rings (SSSR count). The molecule has 1 aromatic heterocycles. The number of carbonyl (C=O) groups excluding carboxylic acids is 1. The molecule has 0 aliphatic carbocycles. The molecule has 0 aliphatic rings. The number of alkyl halides is 2. The van der Waals surface area contributed by atoms with E-state index in [2.05, 4.69) is 15.6 Å². The van der Waals surface area contributed by atoms with Crippen molar-refractivity contribution in [2.45, 2.75) is 19.0 Å². The first-order valence-corrected chi connectivity index (χ1v) is 8.99. The number of benzene rings is 2. The molecule has 0 saturated carbocycles. The molecule has 160 valence electrons. The predicted molar refractivity (Wildman–Crippen MR) is 101 cm³/mol. The number of amides is 2. The lowest BCUT2D eigenvalue weighted by molar-refractivity contribution is -0.00174. The lowest BCUT2D eigenvalue weighted by Gasteiger charge is -2.12. The first-order valence-electron chi connectivity index (χ1n) is 8.99. The first-order chi connectivity index (χ1) is 14.3. The highest BCUT2D eigenvalue weighted by Gasteiger charge is 2.19. The molecule has 2 amide bonds. The van der Waals surface area contributed by atoms with Crippen molar-refractivity contribution in [2.75, 3.05) is 13.1 Å². The Kier molecular flexibility index (Phi) is 6.56. The number of hydrogen-bond donors (Lipinski definition) is 4. The monoisotopic (exact) mass is 427 g/mol. The van der Waals surface area contributed by atoms with E-state index in [9.17, 15) is 26.7 Å². The SMILES string of the molecule is O=C(NCCc1c(-c2ccc(F)cc2)[nH]c2c(F)cc(F)cc12)NCC(O)C(F)F. The maximum absolute atomic E-state index is 14.2. The molecule has 10 heteroatoms. The van der Waals surface area contributed by atoms with Crippen molar-refractivity contribution in [1.82, 2.24) is 15.6 Å². The second kappa shape index (κ2) is 9.12. The summed E-state index contributed by atoms with van der Waals surface area (Å²) in [6.45, 7) is -0.621. The van der Waals surface area contributed by atoms with Gasteiger partial charge in [-0.05, 0) is 47.9 Å². The van der Waals surface area contributed by atoms with E-state index in [1.807, 2.05) is 0 Å². The van der Waals surface area contributed by atoms with Gasteiger partial charge in [0.25, 0.3) is 6.43 Å². The van der Waals surface area contributed by atoms with Crippen LogP contribution >= 0.6 is 0 Å². The summed E-state index contributed by atoms with van der Waals surface area (Å²) < 4.78 is 65.7. The number of nitrogens with one attached hydrogen (secondary N) is 3. The van der Waals surface area contributed by atoms with E-state index in [1.54, 1.807) is 0 Å². The van der Waals surface area contributed by atoms with E-state index in [1.165, 1.54) is 24.3 Å². The van der Waals surface area contributed by atoms with Crippen LogP contribution in [0.1, 0.15) is 5.56 Å². The second-order valence-electron chi connectivity index (χ2n) is 6.58. The number of hydrogen-bond acceptors (Lipinski definition) is 2. The molecule has 0 spiro atoms. The smallest absolute Gasteiger partial charge is 0.314 e. The van der Waals surface area contributed by atoms with Gasteiger partial charge in [0.05, 0.1) is 12.1 Å². The van der Waals surface area contributed by atoms with E-state index in [0.29, 0.717) is 16.8 Å². The lowest BCUT2D eigenvalue weighted by atomic mass is 10.0. The second-order valence-corrected chi connectivity index (χ2v) is 6.58. The predicted octanol–water partition coefficient (Wildman–Crippen LogP) is 3.72. The number of urea groups is 1. The number of aliphatic hydroxyl groups is 1. The molecule has 0 saturated heterocycles. The van der Waals surface area contributed by atoms with Crippen molar-refractivity contribution in [3.05, 3.63) is 59.4 Å². The Balaban J connectivity index is 1.80. The summed E-state index contributed by atoms with van der Waals surface area (Å²) in [5.41, 5.74) is 1.52. The third-order valence-electron chi connectivity index (χ3n) is 4.49. The Morgan fingerprint density at radius 3 is 2.40 bits per heavy atom. The van der Waals surface area contributed by atoms with Crippen LogP contribution in [0.3, 0.4) is 0 Å². The Hall–Kier alpha value is -3.14. The molecular weight excluding hydrogens is 409 g/mol. The van der Waals surface area contributed by atoms with Crippen LogP contribution in [0.25, 0.3) is 22.2 Å². The van der Waals surface area contributed by atoms with E-state index >= 15 is 0 Å². The quantitative estimate of drug-likeness (QED) is 0.434. The number of halogens is 5. The van der Waals surface area contributed by atoms with Crippen LogP contribution in [0.2, 0.25) is 0 Å². The van der Waals surface area contributed by atoms with Crippen LogP contribution in [0, 0.1) is 17.5 Å². The first kappa shape index (κ1) is 21.6. The van der Waals surface area contributed by atoms with Gasteiger partial charge in [0.2, 0.25) is 0 Å². The van der Waals surface area contributed by atoms with Crippen molar-refractivity contribution in [2.24, 2.45) is 0 Å². The third kappa shape index (κ3) is 4.88. The van der Waals surface area contributed by atoms with E-state index in [4.69, 9.17) is 5.11 Å². The van der Waals surface area contributed by atoms with Gasteiger partial charge in [-0.15, -0.1) is 0 Å². The molecule has 1 atom stereocenters. The van der Waals surface area contributed by atoms with Crippen molar-refractivity contribution in [3.8, 4) is 11.3 Å². The molecule has 1 heterocycles. The van der Waals surface area contributed by atoms with Gasteiger partial charge in [-0.2, -0.15) is 0 Å². The zero-order chi connectivity index (χ0) is 21.8. The van der Waals surface area contributed by atoms with E-state index in [-0.39, 0.29) is 23.9 Å². The van der Waals surface area contributed by atoms with Gasteiger partial charge in [0.1, 0.15) is 23.6 Å². The molecule has 5 nitrogen and oxygen atoms in total. The summed E-state index contributed by atoms with van der Waals surface area (Å²) >= 11 is 0. The fourth-order valence-electron chi connectivity index (χ4n) is 3.05. The average Bonchev–Trinajstić information content (AvgIpc) is 3.05. The number of aliphatic hydroxyl groups excluding tert-OH is 1. The number of H-pyrrole nitrogens is 1. The Morgan fingerprint density at radius 2 is 1.73 bits per heavy atom. The zero-order valence-electron chi connectivity index (χ0n) is 15.5. The summed E-state index contributed by atoms with van der Waals surface area (Å²) in [7, 11) is 0. The van der Waals surface area contributed by atoms with Crippen LogP contribution < -0.4 is 10.6 Å². The van der Waals surface area contributed by atoms with Crippen molar-refractivity contribution < 1.29 is 31.9 Å². The van der Waals surface area contributed by atoms with Crippen molar-refractivity contribution in [3.63, 3.8) is 0 Å². The number of carbonyl (C=O) groups is 1. The highest BCUT2D eigenvalue weighted by molar-refractivity contribution is 5.91. The topological polar surface area (TPSA) is 77.2 Å². The highest BCUT2D eigenvalue weighted by atomic mass is 19.3. The summed E-state index contributed by atoms with van der Waals surface area (Å²) in [5, 5.41) is 13.8. The lowest BCUT2D eigenvalue weighted by Crippen LogP contribution is -2.42. The maximum atomic E-state index is 14.2. The van der Waals surface area contributed by atoms with Crippen LogP contribution in [0.4, 0.5) is 26.7 Å². The van der Waals surface area contributed by atoms with Crippen LogP contribution in [-0.2, 0) is 6.42 Å². The van der Waals surface area contributed by atoms with Gasteiger partial charge in [-0.1, -0.05) is 0 Å². The van der Waals surface area contributed by atoms with Crippen molar-refractivity contribution in [1.29, 1.82) is 0 Å². The summed E-state index contributed by atoms with van der Waals surface area (Å²) in [6.07, 6.45) is -4.83. The minimum atomic E-state index is -2.99. The summed E-state index contributed by atoms with van der Waals surface area (Å²) in [4.78, 5) is 14.6. The molecule has 4 N–H and O–H groups in total. The normalized spacial score (nSPS) is 12.4. The molecule has 0 fully saturated rings. The summed E-state index contributed by atoms with van der Waals surface area (Å²) in [5.74, 6) is -2.04. The Morgan fingerprint density at radius 1 is 1.03 bits per heavy atom. The molecule has 30 heavy (non-hydrogen) atoms. The minimum absolute atomic E-state index is 0.00981. The molecule has 0 radical (unpaired) electrons. The molecular formula is C20H18F5N3O2. The van der Waals surface area contributed by atoms with Gasteiger partial charge in [-0.3, -0.25) is 0 Å². The highest BCUT2D eigenvalue weighted by Crippen LogP contribution is 2.32. The number of aromatic nitrogens is 1. The molecule has 1 unspecified atom stereocenters. The fraction of sp³-hybridized carbons (Fsp3) is 0.250. The number of aromatic amines is 1. The van der Waals surface area contributed by atoms with Crippen LogP contribution in [0.15, 0.2) is 36.4 Å². The maximum Gasteiger partial charge on any atom is 0.314 e.